The van der Waals surface area contributed by atoms with Crippen LogP contribution in [0.5, 0.6) is 0 Å². The van der Waals surface area contributed by atoms with Gasteiger partial charge in [0.05, 0.1) is 43.7 Å². The maximum absolute atomic E-state index is 12.4. The van der Waals surface area contributed by atoms with Crippen LogP contribution in [0.4, 0.5) is 0 Å². The number of hydrogen-bond acceptors (Lipinski definition) is 7. The highest BCUT2D eigenvalue weighted by atomic mass is 16.7. The Balaban J connectivity index is 1.64. The van der Waals surface area contributed by atoms with Crippen molar-refractivity contribution in [1.29, 1.82) is 0 Å². The maximum atomic E-state index is 12.4. The molecule has 7 heteroatoms. The summed E-state index contributed by atoms with van der Waals surface area (Å²) in [7, 11) is 0. The average Bonchev–Trinajstić information content (AvgIpc) is 3.05. The fourth-order valence-corrected chi connectivity index (χ4v) is 7.07. The molecule has 0 aromatic rings. The summed E-state index contributed by atoms with van der Waals surface area (Å²) in [4.78, 5) is 24.6. The smallest absolute Gasteiger partial charge is 0.309 e. The molecule has 5 fully saturated rings. The van der Waals surface area contributed by atoms with Crippen molar-refractivity contribution in [2.45, 2.75) is 63.4 Å². The SMILES string of the molecule is CCOC(=O)C[C@]12CC[C@H]3OC(=O)C[C@@]4(O)[C@H](C)C[C@]5(OC1)OC[C@]34[C@@H]25. The molecule has 2 aliphatic carbocycles. The molecule has 26 heavy (non-hydrogen) atoms. The number of carbonyl (C=O) groups excluding carboxylic acids is 2. The predicted octanol–water partition coefficient (Wildman–Crippen LogP) is 1.17. The first-order valence-corrected chi connectivity index (χ1v) is 9.67. The molecule has 1 N–H and O–H groups in total. The second-order valence-corrected chi connectivity index (χ2v) is 8.93. The Labute approximate surface area is 152 Å². The Morgan fingerprint density at radius 3 is 2.88 bits per heavy atom. The summed E-state index contributed by atoms with van der Waals surface area (Å²) in [5, 5.41) is 11.8. The fourth-order valence-electron chi connectivity index (χ4n) is 7.07. The van der Waals surface area contributed by atoms with Gasteiger partial charge in [-0.05, 0) is 25.7 Å². The van der Waals surface area contributed by atoms with Crippen LogP contribution >= 0.6 is 0 Å². The van der Waals surface area contributed by atoms with E-state index in [4.69, 9.17) is 18.9 Å². The predicted molar refractivity (Wildman–Crippen MR) is 86.7 cm³/mol. The monoisotopic (exact) mass is 366 g/mol. The second-order valence-electron chi connectivity index (χ2n) is 8.93. The standard InChI is InChI=1S/C19H26O7/c1-3-23-13(20)7-16-5-4-12-17-10-25-19(15(16)17,24-9-16)6-11(2)18(17,22)8-14(21)26-12/h11-12,15,22H,3-10H2,1-2H3/t11-,12-,15-,16-,17-,18-,19+/m1/s1. The zero-order valence-corrected chi connectivity index (χ0v) is 15.3. The van der Waals surface area contributed by atoms with Crippen LogP contribution in [0.3, 0.4) is 0 Å². The third-order valence-electron chi connectivity index (χ3n) is 7.91. The molecule has 3 saturated heterocycles. The lowest BCUT2D eigenvalue weighted by Gasteiger charge is -2.64. The van der Waals surface area contributed by atoms with Crippen LogP contribution in [-0.2, 0) is 28.5 Å². The van der Waals surface area contributed by atoms with Gasteiger partial charge < -0.3 is 24.1 Å². The van der Waals surface area contributed by atoms with E-state index in [-0.39, 0.29) is 42.7 Å². The Hall–Kier alpha value is -1.18. The highest BCUT2D eigenvalue weighted by Gasteiger charge is 2.84. The maximum Gasteiger partial charge on any atom is 0.309 e. The summed E-state index contributed by atoms with van der Waals surface area (Å²) < 4.78 is 23.5. The molecule has 7 atom stereocenters. The average molecular weight is 366 g/mol. The molecule has 2 saturated carbocycles. The highest BCUT2D eigenvalue weighted by Crippen LogP contribution is 2.75. The van der Waals surface area contributed by atoms with E-state index in [1.165, 1.54) is 0 Å². The molecule has 0 radical (unpaired) electrons. The quantitative estimate of drug-likeness (QED) is 0.750. The Morgan fingerprint density at radius 1 is 1.35 bits per heavy atom. The molecule has 0 aromatic heterocycles. The van der Waals surface area contributed by atoms with Crippen LogP contribution < -0.4 is 0 Å². The molecule has 7 nitrogen and oxygen atoms in total. The lowest BCUT2D eigenvalue weighted by atomic mass is 9.41. The number of esters is 2. The molecule has 5 rings (SSSR count). The molecule has 3 aliphatic heterocycles. The summed E-state index contributed by atoms with van der Waals surface area (Å²) in [6, 6.07) is 0. The third kappa shape index (κ3) is 1.71. The molecule has 0 amide bonds. The molecule has 0 unspecified atom stereocenters. The van der Waals surface area contributed by atoms with E-state index in [9.17, 15) is 14.7 Å². The van der Waals surface area contributed by atoms with Crippen molar-refractivity contribution in [2.75, 3.05) is 19.8 Å². The lowest BCUT2D eigenvalue weighted by Crippen LogP contribution is -2.74. The van der Waals surface area contributed by atoms with E-state index in [1.54, 1.807) is 6.92 Å². The molecule has 2 bridgehead atoms. The van der Waals surface area contributed by atoms with E-state index < -0.39 is 22.2 Å². The van der Waals surface area contributed by atoms with E-state index in [2.05, 4.69) is 0 Å². The van der Waals surface area contributed by atoms with Gasteiger partial charge in [-0.2, -0.15) is 0 Å². The minimum Gasteiger partial charge on any atom is -0.466 e. The van der Waals surface area contributed by atoms with E-state index in [0.717, 1.165) is 0 Å². The van der Waals surface area contributed by atoms with Crippen molar-refractivity contribution >= 4 is 11.9 Å². The normalized spacial score (nSPS) is 53.8. The van der Waals surface area contributed by atoms with Crippen molar-refractivity contribution in [3.05, 3.63) is 0 Å². The molecular weight excluding hydrogens is 340 g/mol. The molecular formula is C19H26O7. The van der Waals surface area contributed by atoms with E-state index >= 15 is 0 Å². The zero-order chi connectivity index (χ0) is 18.4. The first kappa shape index (κ1) is 17.0. The van der Waals surface area contributed by atoms with Crippen molar-refractivity contribution in [1.82, 2.24) is 0 Å². The van der Waals surface area contributed by atoms with Crippen LogP contribution in [0.25, 0.3) is 0 Å². The first-order valence-electron chi connectivity index (χ1n) is 9.67. The molecule has 1 spiro atoms. The number of aliphatic hydroxyl groups is 1. The van der Waals surface area contributed by atoms with Crippen LogP contribution in [0, 0.1) is 22.7 Å². The van der Waals surface area contributed by atoms with Gasteiger partial charge in [0.25, 0.3) is 0 Å². The Bertz CT molecular complexity index is 679. The largest absolute Gasteiger partial charge is 0.466 e. The van der Waals surface area contributed by atoms with Gasteiger partial charge in [-0.3, -0.25) is 9.59 Å². The van der Waals surface area contributed by atoms with Crippen molar-refractivity contribution in [3.8, 4) is 0 Å². The summed E-state index contributed by atoms with van der Waals surface area (Å²) in [6.45, 7) is 4.83. The fraction of sp³-hybridized carbons (Fsp3) is 0.895. The minimum absolute atomic E-state index is 0.0178. The van der Waals surface area contributed by atoms with E-state index in [1.807, 2.05) is 6.92 Å². The van der Waals surface area contributed by atoms with Gasteiger partial charge >= 0.3 is 11.9 Å². The third-order valence-corrected chi connectivity index (χ3v) is 7.91. The Morgan fingerprint density at radius 2 is 2.12 bits per heavy atom. The highest BCUT2D eigenvalue weighted by molar-refractivity contribution is 5.74. The van der Waals surface area contributed by atoms with Crippen LogP contribution in [0.15, 0.2) is 0 Å². The van der Waals surface area contributed by atoms with Gasteiger partial charge in [0, 0.05) is 17.8 Å². The van der Waals surface area contributed by atoms with Crippen molar-refractivity contribution in [2.24, 2.45) is 22.7 Å². The van der Waals surface area contributed by atoms with Gasteiger partial charge in [0.15, 0.2) is 5.79 Å². The number of ether oxygens (including phenoxy) is 4. The summed E-state index contributed by atoms with van der Waals surface area (Å²) in [5.41, 5.74) is -2.33. The second kappa shape index (κ2) is 5.00. The van der Waals surface area contributed by atoms with E-state index in [0.29, 0.717) is 39.1 Å². The molecule has 3 heterocycles. The molecule has 5 aliphatic rings. The zero-order valence-electron chi connectivity index (χ0n) is 15.3. The number of hydrogen-bond donors (Lipinski definition) is 1. The van der Waals surface area contributed by atoms with Gasteiger partial charge in [0.2, 0.25) is 0 Å². The van der Waals surface area contributed by atoms with Crippen LogP contribution in [0.1, 0.15) is 46.0 Å². The number of carbonyl (C=O) groups is 2. The molecule has 144 valence electrons. The number of rotatable bonds is 3. The summed E-state index contributed by atoms with van der Waals surface area (Å²) in [5.74, 6) is -1.68. The van der Waals surface area contributed by atoms with Crippen molar-refractivity contribution in [3.63, 3.8) is 0 Å². The summed E-state index contributed by atoms with van der Waals surface area (Å²) >= 11 is 0. The Kier molecular flexibility index (Phi) is 3.26. The van der Waals surface area contributed by atoms with Gasteiger partial charge in [0.1, 0.15) is 6.10 Å². The van der Waals surface area contributed by atoms with Gasteiger partial charge in [-0.1, -0.05) is 6.92 Å². The minimum atomic E-state index is -1.19. The summed E-state index contributed by atoms with van der Waals surface area (Å²) in [6.07, 6.45) is 1.69. The van der Waals surface area contributed by atoms with Gasteiger partial charge in [-0.15, -0.1) is 0 Å². The van der Waals surface area contributed by atoms with Gasteiger partial charge in [-0.25, -0.2) is 0 Å². The topological polar surface area (TPSA) is 91.3 Å². The van der Waals surface area contributed by atoms with Crippen molar-refractivity contribution < 1.29 is 33.6 Å². The first-order chi connectivity index (χ1) is 12.3. The van der Waals surface area contributed by atoms with Crippen LogP contribution in [-0.4, -0.2) is 54.4 Å². The lowest BCUT2D eigenvalue weighted by molar-refractivity contribution is -0.288. The van der Waals surface area contributed by atoms with Crippen LogP contribution in [0.2, 0.25) is 0 Å². The molecule has 0 aromatic carbocycles.